The Labute approximate surface area is 186 Å². The molecule has 0 unspecified atom stereocenters. The molecule has 0 amide bonds. The van der Waals surface area contributed by atoms with Gasteiger partial charge in [0.05, 0.1) is 17.1 Å². The Balaban J connectivity index is 1.87. The van der Waals surface area contributed by atoms with E-state index in [1.54, 1.807) is 12.3 Å². The van der Waals surface area contributed by atoms with E-state index in [2.05, 4.69) is 11.0 Å². The minimum absolute atomic E-state index is 0.129. The lowest BCUT2D eigenvalue weighted by molar-refractivity contribution is 0.370. The topological polar surface area (TPSA) is 59.7 Å². The normalized spacial score (nSPS) is 10.9. The molecule has 0 fully saturated rings. The van der Waals surface area contributed by atoms with Gasteiger partial charge in [-0.15, -0.1) is 6.42 Å². The molecule has 158 valence electrons. The van der Waals surface area contributed by atoms with Gasteiger partial charge >= 0.3 is 0 Å². The Hall–Kier alpha value is -4.37. The molecule has 4 rings (SSSR count). The van der Waals surface area contributed by atoms with Crippen LogP contribution in [0.3, 0.4) is 0 Å². The van der Waals surface area contributed by atoms with E-state index in [1.807, 2.05) is 85.7 Å². The summed E-state index contributed by atoms with van der Waals surface area (Å²) in [5.74, 6) is 3.52. The Bertz CT molecular complexity index is 1380. The zero-order valence-electron chi connectivity index (χ0n) is 17.9. The van der Waals surface area contributed by atoms with Gasteiger partial charge < -0.3 is 9.64 Å². The van der Waals surface area contributed by atoms with E-state index in [4.69, 9.17) is 16.1 Å². The standard InChI is InChI=1S/C26H22N4O2/c1-4-16-32-24-17-21(29(2)3)15-14-20(24)18-27-30-25(19-10-6-5-7-11-19)28-23-13-9-8-12-22(23)26(30)31/h1,5-15,17-18H,16H2,2-3H3. The molecule has 1 heterocycles. The van der Waals surface area contributed by atoms with E-state index in [1.165, 1.54) is 4.68 Å². The van der Waals surface area contributed by atoms with E-state index in [0.29, 0.717) is 28.0 Å². The fraction of sp³-hybridized carbons (Fsp3) is 0.115. The van der Waals surface area contributed by atoms with Gasteiger partial charge in [0, 0.05) is 37.0 Å². The Kier molecular flexibility index (Phi) is 6.00. The lowest BCUT2D eigenvalue weighted by Crippen LogP contribution is -2.20. The van der Waals surface area contributed by atoms with Crippen LogP contribution in [0.4, 0.5) is 5.69 Å². The minimum atomic E-state index is -0.248. The maximum atomic E-state index is 13.3. The third kappa shape index (κ3) is 4.23. The van der Waals surface area contributed by atoms with Crippen molar-refractivity contribution in [2.45, 2.75) is 0 Å². The molecular weight excluding hydrogens is 400 g/mol. The van der Waals surface area contributed by atoms with Gasteiger partial charge in [-0.05, 0) is 24.3 Å². The SMILES string of the molecule is C#CCOc1cc(N(C)C)ccc1C=Nn1c(-c2ccccc2)nc2ccccc2c1=O. The third-order valence-electron chi connectivity index (χ3n) is 4.92. The van der Waals surface area contributed by atoms with Crippen molar-refractivity contribution in [3.8, 4) is 29.5 Å². The number of nitrogens with zero attached hydrogens (tertiary/aromatic N) is 4. The van der Waals surface area contributed by atoms with Crippen LogP contribution in [0.25, 0.3) is 22.3 Å². The number of para-hydroxylation sites is 1. The number of anilines is 1. The fourth-order valence-electron chi connectivity index (χ4n) is 3.28. The highest BCUT2D eigenvalue weighted by Gasteiger charge is 2.12. The molecule has 0 saturated heterocycles. The van der Waals surface area contributed by atoms with Crippen LogP contribution in [0.5, 0.6) is 5.75 Å². The first-order valence-corrected chi connectivity index (χ1v) is 10.1. The Morgan fingerprint density at radius 2 is 1.84 bits per heavy atom. The summed E-state index contributed by atoms with van der Waals surface area (Å²) < 4.78 is 7.05. The van der Waals surface area contributed by atoms with Crippen LogP contribution < -0.4 is 15.2 Å². The van der Waals surface area contributed by atoms with E-state index < -0.39 is 0 Å². The summed E-state index contributed by atoms with van der Waals surface area (Å²) in [5.41, 5.74) is 2.82. The molecule has 4 aromatic rings. The fourth-order valence-corrected chi connectivity index (χ4v) is 3.28. The first-order valence-electron chi connectivity index (χ1n) is 10.1. The molecule has 0 aliphatic rings. The number of terminal acetylenes is 1. The van der Waals surface area contributed by atoms with Crippen LogP contribution in [0.1, 0.15) is 5.56 Å². The van der Waals surface area contributed by atoms with E-state index in [9.17, 15) is 4.79 Å². The molecule has 0 spiro atoms. The van der Waals surface area contributed by atoms with Gasteiger partial charge in [-0.25, -0.2) is 4.98 Å². The number of fused-ring (bicyclic) bond motifs is 1. The van der Waals surface area contributed by atoms with E-state index >= 15 is 0 Å². The van der Waals surface area contributed by atoms with Crippen LogP contribution in [0.15, 0.2) is 82.7 Å². The average molecular weight is 422 g/mol. The monoisotopic (exact) mass is 422 g/mol. The molecule has 0 atom stereocenters. The highest BCUT2D eigenvalue weighted by atomic mass is 16.5. The zero-order chi connectivity index (χ0) is 22.5. The van der Waals surface area contributed by atoms with Crippen molar-refractivity contribution in [1.82, 2.24) is 9.66 Å². The highest BCUT2D eigenvalue weighted by Crippen LogP contribution is 2.24. The Morgan fingerprint density at radius 3 is 2.59 bits per heavy atom. The smallest absolute Gasteiger partial charge is 0.282 e. The van der Waals surface area contributed by atoms with Crippen LogP contribution in [0, 0.1) is 12.3 Å². The average Bonchev–Trinajstić information content (AvgIpc) is 2.82. The number of hydrogen-bond donors (Lipinski definition) is 0. The lowest BCUT2D eigenvalue weighted by Gasteiger charge is -2.15. The van der Waals surface area contributed by atoms with E-state index in [-0.39, 0.29) is 12.2 Å². The van der Waals surface area contributed by atoms with Gasteiger partial charge in [0.15, 0.2) is 5.82 Å². The van der Waals surface area contributed by atoms with Crippen molar-refractivity contribution >= 4 is 22.8 Å². The maximum absolute atomic E-state index is 13.3. The van der Waals surface area contributed by atoms with Crippen molar-refractivity contribution in [2.24, 2.45) is 5.10 Å². The number of ether oxygens (including phenoxy) is 1. The Morgan fingerprint density at radius 1 is 1.09 bits per heavy atom. The maximum Gasteiger partial charge on any atom is 0.282 e. The van der Waals surface area contributed by atoms with Gasteiger partial charge in [-0.3, -0.25) is 4.79 Å². The summed E-state index contributed by atoms with van der Waals surface area (Å²) in [4.78, 5) is 20.0. The van der Waals surface area contributed by atoms with Crippen LogP contribution in [-0.2, 0) is 0 Å². The van der Waals surface area contributed by atoms with Crippen molar-refractivity contribution in [3.63, 3.8) is 0 Å². The van der Waals surface area contributed by atoms with Gasteiger partial charge in [-0.2, -0.15) is 9.78 Å². The third-order valence-corrected chi connectivity index (χ3v) is 4.92. The van der Waals surface area contributed by atoms with Crippen molar-refractivity contribution in [1.29, 1.82) is 0 Å². The van der Waals surface area contributed by atoms with Crippen molar-refractivity contribution in [3.05, 3.63) is 88.7 Å². The molecular formula is C26H22N4O2. The van der Waals surface area contributed by atoms with Gasteiger partial charge in [-0.1, -0.05) is 48.4 Å². The van der Waals surface area contributed by atoms with Gasteiger partial charge in [0.2, 0.25) is 0 Å². The van der Waals surface area contributed by atoms with Gasteiger partial charge in [0.25, 0.3) is 5.56 Å². The van der Waals surface area contributed by atoms with Crippen LogP contribution >= 0.6 is 0 Å². The summed E-state index contributed by atoms with van der Waals surface area (Å²) in [6.07, 6.45) is 6.97. The first-order chi connectivity index (χ1) is 15.6. The number of benzene rings is 3. The number of aromatic nitrogens is 2. The first kappa shape index (κ1) is 20.9. The molecule has 0 radical (unpaired) electrons. The van der Waals surface area contributed by atoms with Crippen LogP contribution in [0.2, 0.25) is 0 Å². The number of hydrogen-bond acceptors (Lipinski definition) is 5. The predicted molar refractivity (Wildman–Crippen MR) is 130 cm³/mol. The molecule has 1 aromatic heterocycles. The lowest BCUT2D eigenvalue weighted by atomic mass is 10.2. The molecule has 0 aliphatic carbocycles. The molecule has 0 bridgehead atoms. The summed E-state index contributed by atoms with van der Waals surface area (Å²) in [5, 5.41) is 5.01. The summed E-state index contributed by atoms with van der Waals surface area (Å²) in [7, 11) is 3.89. The molecule has 0 aliphatic heterocycles. The minimum Gasteiger partial charge on any atom is -0.480 e. The van der Waals surface area contributed by atoms with E-state index in [0.717, 1.165) is 11.3 Å². The molecule has 6 nitrogen and oxygen atoms in total. The zero-order valence-corrected chi connectivity index (χ0v) is 17.9. The number of rotatable bonds is 6. The summed E-state index contributed by atoms with van der Waals surface area (Å²) >= 11 is 0. The second-order valence-corrected chi connectivity index (χ2v) is 7.29. The van der Waals surface area contributed by atoms with Crippen molar-refractivity contribution < 1.29 is 4.74 Å². The quantitative estimate of drug-likeness (QED) is 0.348. The predicted octanol–water partition coefficient (Wildman–Crippen LogP) is 4.02. The largest absolute Gasteiger partial charge is 0.480 e. The second-order valence-electron chi connectivity index (χ2n) is 7.29. The van der Waals surface area contributed by atoms with Gasteiger partial charge in [0.1, 0.15) is 12.4 Å². The molecule has 6 heteroatoms. The molecule has 32 heavy (non-hydrogen) atoms. The molecule has 3 aromatic carbocycles. The summed E-state index contributed by atoms with van der Waals surface area (Å²) in [6.45, 7) is 0.129. The molecule has 0 saturated carbocycles. The second kappa shape index (κ2) is 9.19. The van der Waals surface area contributed by atoms with Crippen molar-refractivity contribution in [2.75, 3.05) is 25.6 Å². The van der Waals surface area contributed by atoms with Crippen LogP contribution in [-0.4, -0.2) is 36.6 Å². The summed E-state index contributed by atoms with van der Waals surface area (Å²) in [6, 6.07) is 22.5. The highest BCUT2D eigenvalue weighted by molar-refractivity contribution is 5.85. The molecule has 0 N–H and O–H groups in total.